The number of nitrogens with zero attached hydrogens (tertiary/aromatic N) is 1. The maximum absolute atomic E-state index is 14.2. The van der Waals surface area contributed by atoms with E-state index in [4.69, 9.17) is 0 Å². The van der Waals surface area contributed by atoms with E-state index in [0.29, 0.717) is 12.6 Å². The van der Waals surface area contributed by atoms with E-state index in [-0.39, 0.29) is 29.1 Å². The summed E-state index contributed by atoms with van der Waals surface area (Å²) in [6.45, 7) is 0.673. The van der Waals surface area contributed by atoms with Crippen LogP contribution in [0.15, 0.2) is 29.3 Å². The summed E-state index contributed by atoms with van der Waals surface area (Å²) in [7, 11) is 1.76. The summed E-state index contributed by atoms with van der Waals surface area (Å²) in [6.07, 6.45) is 8.15. The number of hydrogen-bond donors (Lipinski definition) is 3. The van der Waals surface area contributed by atoms with E-state index in [1.807, 2.05) is 12.1 Å². The lowest BCUT2D eigenvalue weighted by atomic mass is 9.85. The molecule has 3 saturated carbocycles. The molecule has 2 atom stereocenters. The molecule has 0 saturated heterocycles. The van der Waals surface area contributed by atoms with Gasteiger partial charge < -0.3 is 16.0 Å². The highest BCUT2D eigenvalue weighted by Crippen LogP contribution is 2.48. The first-order valence-corrected chi connectivity index (χ1v) is 10.6. The van der Waals surface area contributed by atoms with Gasteiger partial charge in [0, 0.05) is 37.0 Å². The molecule has 0 radical (unpaired) electrons. The molecule has 28 heavy (non-hydrogen) atoms. The molecule has 1 aromatic rings. The molecule has 3 fully saturated rings. The van der Waals surface area contributed by atoms with E-state index in [2.05, 4.69) is 20.9 Å². The average Bonchev–Trinajstić information content (AvgIpc) is 3.62. The third kappa shape index (κ3) is 4.47. The number of halogens is 1. The van der Waals surface area contributed by atoms with Crippen molar-refractivity contribution in [3.63, 3.8) is 0 Å². The molecular weight excluding hydrogens is 355 g/mol. The lowest BCUT2D eigenvalue weighted by Crippen LogP contribution is -2.48. The zero-order chi connectivity index (χ0) is 19.6. The third-order valence-corrected chi connectivity index (χ3v) is 6.43. The fraction of sp³-hybridized carbons (Fsp3) is 0.636. The number of carbonyl (C=O) groups is 1. The van der Waals surface area contributed by atoms with Crippen molar-refractivity contribution >= 4 is 11.9 Å². The van der Waals surface area contributed by atoms with Crippen LogP contribution in [0, 0.1) is 11.7 Å². The van der Waals surface area contributed by atoms with Crippen LogP contribution in [0.25, 0.3) is 0 Å². The molecule has 4 rings (SSSR count). The van der Waals surface area contributed by atoms with Gasteiger partial charge in [-0.25, -0.2) is 4.39 Å². The van der Waals surface area contributed by atoms with E-state index in [1.165, 1.54) is 6.07 Å². The van der Waals surface area contributed by atoms with E-state index in [0.717, 1.165) is 62.9 Å². The number of aliphatic imine (C=N–C) groups is 1. The van der Waals surface area contributed by atoms with Crippen molar-refractivity contribution in [2.24, 2.45) is 10.9 Å². The van der Waals surface area contributed by atoms with Crippen LogP contribution in [0.5, 0.6) is 0 Å². The Bertz CT molecular complexity index is 742. The molecule has 3 aliphatic carbocycles. The average molecular weight is 387 g/mol. The quantitative estimate of drug-likeness (QED) is 0.520. The van der Waals surface area contributed by atoms with Crippen LogP contribution in [0.4, 0.5) is 4.39 Å². The van der Waals surface area contributed by atoms with Crippen molar-refractivity contribution < 1.29 is 9.18 Å². The third-order valence-electron chi connectivity index (χ3n) is 6.43. The lowest BCUT2D eigenvalue weighted by molar-refractivity contribution is -0.126. The van der Waals surface area contributed by atoms with Crippen LogP contribution in [-0.4, -0.2) is 37.5 Å². The van der Waals surface area contributed by atoms with Gasteiger partial charge in [-0.05, 0) is 56.6 Å². The predicted octanol–water partition coefficient (Wildman–Crippen LogP) is 2.86. The first kappa shape index (κ1) is 19.2. The Labute approximate surface area is 166 Å². The number of carbonyl (C=O) groups excluding carboxylic acids is 1. The van der Waals surface area contributed by atoms with Gasteiger partial charge in [-0.2, -0.15) is 0 Å². The number of nitrogens with one attached hydrogen (secondary N) is 3. The first-order chi connectivity index (χ1) is 13.6. The van der Waals surface area contributed by atoms with Crippen molar-refractivity contribution in [2.75, 3.05) is 13.6 Å². The monoisotopic (exact) mass is 386 g/mol. The molecule has 6 heteroatoms. The predicted molar refractivity (Wildman–Crippen MR) is 109 cm³/mol. The fourth-order valence-corrected chi connectivity index (χ4v) is 4.33. The minimum atomic E-state index is -0.124. The molecule has 2 unspecified atom stereocenters. The van der Waals surface area contributed by atoms with Gasteiger partial charge in [-0.15, -0.1) is 0 Å². The molecule has 3 N–H and O–H groups in total. The molecule has 152 valence electrons. The van der Waals surface area contributed by atoms with Crippen LogP contribution < -0.4 is 16.0 Å². The Kier molecular flexibility index (Phi) is 5.56. The molecule has 0 spiro atoms. The number of guanidine groups is 1. The molecule has 0 aliphatic heterocycles. The molecular formula is C22H31FN4O. The number of amides is 1. The zero-order valence-electron chi connectivity index (χ0n) is 16.6. The molecule has 1 amide bonds. The summed E-state index contributed by atoms with van der Waals surface area (Å²) in [5, 5.41) is 10.0. The van der Waals surface area contributed by atoms with E-state index in [9.17, 15) is 9.18 Å². The van der Waals surface area contributed by atoms with Gasteiger partial charge in [0.25, 0.3) is 0 Å². The summed E-state index contributed by atoms with van der Waals surface area (Å²) < 4.78 is 14.2. The highest BCUT2D eigenvalue weighted by Gasteiger charge is 2.46. The number of hydrogen-bond acceptors (Lipinski definition) is 2. The van der Waals surface area contributed by atoms with Gasteiger partial charge in [-0.1, -0.05) is 24.6 Å². The highest BCUT2D eigenvalue weighted by molar-refractivity contribution is 5.81. The maximum atomic E-state index is 14.2. The zero-order valence-corrected chi connectivity index (χ0v) is 16.6. The van der Waals surface area contributed by atoms with Crippen LogP contribution in [0.2, 0.25) is 0 Å². The molecule has 0 bridgehead atoms. The van der Waals surface area contributed by atoms with Gasteiger partial charge in [0.15, 0.2) is 5.96 Å². The van der Waals surface area contributed by atoms with Gasteiger partial charge in [0.05, 0.1) is 0 Å². The number of rotatable bonds is 6. The van der Waals surface area contributed by atoms with Crippen LogP contribution >= 0.6 is 0 Å². The summed E-state index contributed by atoms with van der Waals surface area (Å²) in [6, 6.07) is 7.74. The number of benzene rings is 1. The van der Waals surface area contributed by atoms with E-state index >= 15 is 0 Å². The SMILES string of the molecule is CN=C(NCC1(c2ccccc2F)CC1)NC1CCCC(C(=O)NC2CC2)C1. The van der Waals surface area contributed by atoms with Crippen molar-refractivity contribution in [1.82, 2.24) is 16.0 Å². The first-order valence-electron chi connectivity index (χ1n) is 10.6. The Morgan fingerprint density at radius 1 is 1.14 bits per heavy atom. The molecule has 0 heterocycles. The van der Waals surface area contributed by atoms with Gasteiger partial charge in [0.2, 0.25) is 5.91 Å². The lowest BCUT2D eigenvalue weighted by Gasteiger charge is -2.30. The standard InChI is InChI=1S/C22H31FN4O/c1-24-21(25-14-22(11-12-22)18-7-2-3-8-19(18)23)27-17-6-4-5-15(13-17)20(28)26-16-9-10-16/h2-3,7-8,15-17H,4-6,9-14H2,1H3,(H,26,28)(H2,24,25,27). The van der Waals surface area contributed by atoms with Gasteiger partial charge in [0.1, 0.15) is 5.82 Å². The van der Waals surface area contributed by atoms with E-state index in [1.54, 1.807) is 13.1 Å². The maximum Gasteiger partial charge on any atom is 0.223 e. The Morgan fingerprint density at radius 2 is 1.93 bits per heavy atom. The molecule has 1 aromatic carbocycles. The summed E-state index contributed by atoms with van der Waals surface area (Å²) in [4.78, 5) is 16.7. The summed E-state index contributed by atoms with van der Waals surface area (Å²) in [5.41, 5.74) is 0.676. The van der Waals surface area contributed by atoms with Crippen molar-refractivity contribution in [1.29, 1.82) is 0 Å². The minimum Gasteiger partial charge on any atom is -0.356 e. The minimum absolute atomic E-state index is 0.0955. The van der Waals surface area contributed by atoms with Crippen molar-refractivity contribution in [3.8, 4) is 0 Å². The molecule has 3 aliphatic rings. The molecule has 5 nitrogen and oxygen atoms in total. The van der Waals surface area contributed by atoms with Crippen LogP contribution in [-0.2, 0) is 10.2 Å². The fourth-order valence-electron chi connectivity index (χ4n) is 4.33. The second-order valence-corrected chi connectivity index (χ2v) is 8.67. The summed E-state index contributed by atoms with van der Waals surface area (Å²) in [5.74, 6) is 0.934. The van der Waals surface area contributed by atoms with Gasteiger partial charge >= 0.3 is 0 Å². The largest absolute Gasteiger partial charge is 0.356 e. The Balaban J connectivity index is 1.30. The molecule has 0 aromatic heterocycles. The Morgan fingerprint density at radius 3 is 2.61 bits per heavy atom. The normalized spacial score (nSPS) is 26.4. The van der Waals surface area contributed by atoms with Crippen molar-refractivity contribution in [3.05, 3.63) is 35.6 Å². The van der Waals surface area contributed by atoms with E-state index < -0.39 is 0 Å². The van der Waals surface area contributed by atoms with Crippen LogP contribution in [0.3, 0.4) is 0 Å². The highest BCUT2D eigenvalue weighted by atomic mass is 19.1. The van der Waals surface area contributed by atoms with Gasteiger partial charge in [-0.3, -0.25) is 9.79 Å². The topological polar surface area (TPSA) is 65.5 Å². The van der Waals surface area contributed by atoms with Crippen LogP contribution in [0.1, 0.15) is 56.9 Å². The Hall–Kier alpha value is -2.11. The summed E-state index contributed by atoms with van der Waals surface area (Å²) >= 11 is 0. The smallest absolute Gasteiger partial charge is 0.223 e. The van der Waals surface area contributed by atoms with Crippen molar-refractivity contribution in [2.45, 2.75) is 68.9 Å². The second kappa shape index (κ2) is 8.10. The second-order valence-electron chi connectivity index (χ2n) is 8.67.